The average molecular weight is 444 g/mol. The molecule has 1 unspecified atom stereocenters. The van der Waals surface area contributed by atoms with Crippen LogP contribution in [-0.4, -0.2) is 104 Å². The smallest absolute Gasteiger partial charge is 0.236 e. The quantitative estimate of drug-likeness (QED) is 0.739. The summed E-state index contributed by atoms with van der Waals surface area (Å²) in [5, 5.41) is 3.41. The second-order valence-electron chi connectivity index (χ2n) is 8.11. The second kappa shape index (κ2) is 12.1. The lowest BCUT2D eigenvalue weighted by atomic mass is 10.2. The highest BCUT2D eigenvalue weighted by Gasteiger charge is 2.31. The summed E-state index contributed by atoms with van der Waals surface area (Å²) in [6, 6.07) is 11.2. The summed E-state index contributed by atoms with van der Waals surface area (Å²) in [6.45, 7) is 11.9. The summed E-state index contributed by atoms with van der Waals surface area (Å²) >= 11 is 0. The lowest BCUT2D eigenvalue weighted by Crippen LogP contribution is -2.51. The molecular weight excluding hydrogens is 409 g/mol. The van der Waals surface area contributed by atoms with Crippen molar-refractivity contribution in [2.24, 2.45) is 0 Å². The molecule has 164 valence electrons. The van der Waals surface area contributed by atoms with E-state index in [0.717, 1.165) is 78.4 Å². The predicted molar refractivity (Wildman–Crippen MR) is 122 cm³/mol. The molecule has 1 amide bonds. The van der Waals surface area contributed by atoms with E-state index < -0.39 is 0 Å². The fourth-order valence-electron chi connectivity index (χ4n) is 4.55. The van der Waals surface area contributed by atoms with Gasteiger partial charge in [-0.1, -0.05) is 30.3 Å². The lowest BCUT2D eigenvalue weighted by Gasteiger charge is -2.35. The van der Waals surface area contributed by atoms with Gasteiger partial charge in [0.25, 0.3) is 0 Å². The zero-order chi connectivity index (χ0) is 18.5. The third-order valence-electron chi connectivity index (χ3n) is 6.26. The molecule has 8 heteroatoms. The number of benzene rings is 1. The molecule has 0 aliphatic carbocycles. The number of carbonyl (C=O) groups is 1. The van der Waals surface area contributed by atoms with Gasteiger partial charge in [-0.15, -0.1) is 24.8 Å². The molecule has 29 heavy (non-hydrogen) atoms. The minimum atomic E-state index is 0. The molecule has 1 aromatic rings. The van der Waals surface area contributed by atoms with Gasteiger partial charge in [-0.2, -0.15) is 0 Å². The Balaban J connectivity index is 0.00000150. The molecule has 3 aliphatic rings. The topological polar surface area (TPSA) is 42.1 Å². The van der Waals surface area contributed by atoms with E-state index in [-0.39, 0.29) is 24.8 Å². The van der Waals surface area contributed by atoms with Crippen molar-refractivity contribution in [2.75, 3.05) is 72.0 Å². The van der Waals surface area contributed by atoms with Crippen molar-refractivity contribution in [3.8, 4) is 0 Å². The number of rotatable bonds is 5. The standard InChI is InChI=1S/C21H33N5O.2ClH/c27-21(26-9-6-20(17-26)25-10-7-22-8-11-25)18-24-14-12-23(13-15-24)16-19-4-2-1-3-5-19;;/h1-5,20,22H,6-18H2;2*1H. The van der Waals surface area contributed by atoms with Crippen LogP contribution in [0, 0.1) is 0 Å². The van der Waals surface area contributed by atoms with Crippen molar-refractivity contribution < 1.29 is 4.79 Å². The second-order valence-corrected chi connectivity index (χ2v) is 8.11. The molecule has 1 aromatic carbocycles. The van der Waals surface area contributed by atoms with E-state index in [1.54, 1.807) is 0 Å². The Morgan fingerprint density at radius 3 is 2.24 bits per heavy atom. The number of halogens is 2. The van der Waals surface area contributed by atoms with Crippen LogP contribution in [-0.2, 0) is 11.3 Å². The normalized spacial score (nSPS) is 24.0. The molecule has 1 N–H and O–H groups in total. The van der Waals surface area contributed by atoms with Crippen LogP contribution < -0.4 is 5.32 Å². The van der Waals surface area contributed by atoms with Crippen molar-refractivity contribution in [1.82, 2.24) is 24.9 Å². The summed E-state index contributed by atoms with van der Waals surface area (Å²) in [5.74, 6) is 0.323. The Labute approximate surface area is 187 Å². The highest BCUT2D eigenvalue weighted by atomic mass is 35.5. The van der Waals surface area contributed by atoms with E-state index in [4.69, 9.17) is 0 Å². The Hall–Kier alpha value is -0.890. The number of piperazine rings is 2. The molecule has 6 nitrogen and oxygen atoms in total. The van der Waals surface area contributed by atoms with Gasteiger partial charge in [-0.25, -0.2) is 0 Å². The Morgan fingerprint density at radius 2 is 1.55 bits per heavy atom. The lowest BCUT2D eigenvalue weighted by molar-refractivity contribution is -0.132. The zero-order valence-corrected chi connectivity index (χ0v) is 18.8. The number of hydrogen-bond donors (Lipinski definition) is 1. The first-order valence-corrected chi connectivity index (χ1v) is 10.5. The largest absolute Gasteiger partial charge is 0.340 e. The maximum atomic E-state index is 12.8. The molecule has 0 bridgehead atoms. The molecular formula is C21H35Cl2N5O. The van der Waals surface area contributed by atoms with Crippen molar-refractivity contribution in [1.29, 1.82) is 0 Å². The van der Waals surface area contributed by atoms with Crippen LogP contribution in [0.5, 0.6) is 0 Å². The minimum absolute atomic E-state index is 0. The van der Waals surface area contributed by atoms with Gasteiger partial charge in [0.05, 0.1) is 6.54 Å². The first kappa shape index (κ1) is 24.4. The van der Waals surface area contributed by atoms with Crippen molar-refractivity contribution in [3.05, 3.63) is 35.9 Å². The molecule has 3 saturated heterocycles. The molecule has 3 fully saturated rings. The first-order valence-electron chi connectivity index (χ1n) is 10.5. The Bertz CT molecular complexity index is 606. The van der Waals surface area contributed by atoms with Crippen molar-refractivity contribution in [3.63, 3.8) is 0 Å². The molecule has 4 rings (SSSR count). The number of likely N-dealkylation sites (tertiary alicyclic amines) is 1. The van der Waals surface area contributed by atoms with Crippen LogP contribution in [0.1, 0.15) is 12.0 Å². The Morgan fingerprint density at radius 1 is 0.897 bits per heavy atom. The zero-order valence-electron chi connectivity index (χ0n) is 17.2. The van der Waals surface area contributed by atoms with E-state index in [0.29, 0.717) is 18.5 Å². The van der Waals surface area contributed by atoms with E-state index in [1.165, 1.54) is 5.56 Å². The van der Waals surface area contributed by atoms with Gasteiger partial charge in [-0.05, 0) is 12.0 Å². The van der Waals surface area contributed by atoms with E-state index in [1.807, 2.05) is 0 Å². The number of nitrogens with one attached hydrogen (secondary N) is 1. The van der Waals surface area contributed by atoms with Crippen molar-refractivity contribution in [2.45, 2.75) is 19.0 Å². The molecule has 0 aromatic heterocycles. The van der Waals surface area contributed by atoms with Crippen LogP contribution in [0.4, 0.5) is 0 Å². The summed E-state index contributed by atoms with van der Waals surface area (Å²) in [7, 11) is 0. The van der Waals surface area contributed by atoms with E-state index in [9.17, 15) is 4.79 Å². The van der Waals surface area contributed by atoms with E-state index in [2.05, 4.69) is 55.2 Å². The minimum Gasteiger partial charge on any atom is -0.340 e. The summed E-state index contributed by atoms with van der Waals surface area (Å²) in [4.78, 5) is 22.2. The number of nitrogens with zero attached hydrogens (tertiary/aromatic N) is 4. The highest BCUT2D eigenvalue weighted by molar-refractivity contribution is 5.85. The fraction of sp³-hybridized carbons (Fsp3) is 0.667. The maximum Gasteiger partial charge on any atom is 0.236 e. The Kier molecular flexibility index (Phi) is 10.2. The molecule has 3 heterocycles. The SMILES string of the molecule is Cl.Cl.O=C(CN1CCN(Cc2ccccc2)CC1)N1CCC(N2CCNCC2)C1. The van der Waals surface area contributed by atoms with Gasteiger partial charge in [-0.3, -0.25) is 19.5 Å². The van der Waals surface area contributed by atoms with E-state index >= 15 is 0 Å². The van der Waals surface area contributed by atoms with Crippen LogP contribution in [0.3, 0.4) is 0 Å². The fourth-order valence-corrected chi connectivity index (χ4v) is 4.55. The van der Waals surface area contributed by atoms with Crippen LogP contribution in [0.25, 0.3) is 0 Å². The van der Waals surface area contributed by atoms with Gasteiger partial charge in [0, 0.05) is 78.0 Å². The van der Waals surface area contributed by atoms with Gasteiger partial charge >= 0.3 is 0 Å². The predicted octanol–water partition coefficient (Wildman–Crippen LogP) is 1.15. The summed E-state index contributed by atoms with van der Waals surface area (Å²) in [6.07, 6.45) is 1.14. The summed E-state index contributed by atoms with van der Waals surface area (Å²) < 4.78 is 0. The van der Waals surface area contributed by atoms with Crippen LogP contribution in [0.15, 0.2) is 30.3 Å². The maximum absolute atomic E-state index is 12.8. The van der Waals surface area contributed by atoms with Gasteiger partial charge in [0.15, 0.2) is 0 Å². The highest BCUT2D eigenvalue weighted by Crippen LogP contribution is 2.17. The number of carbonyl (C=O) groups excluding carboxylic acids is 1. The molecule has 0 saturated carbocycles. The summed E-state index contributed by atoms with van der Waals surface area (Å²) in [5.41, 5.74) is 1.37. The number of hydrogen-bond acceptors (Lipinski definition) is 5. The van der Waals surface area contributed by atoms with Crippen LogP contribution in [0.2, 0.25) is 0 Å². The third kappa shape index (κ3) is 6.81. The number of amides is 1. The molecule has 1 atom stereocenters. The third-order valence-corrected chi connectivity index (χ3v) is 6.26. The van der Waals surface area contributed by atoms with Gasteiger partial charge in [0.1, 0.15) is 0 Å². The molecule has 0 spiro atoms. The van der Waals surface area contributed by atoms with Crippen LogP contribution >= 0.6 is 24.8 Å². The molecule has 0 radical (unpaired) electrons. The van der Waals surface area contributed by atoms with Gasteiger partial charge < -0.3 is 10.2 Å². The first-order chi connectivity index (χ1) is 13.3. The van der Waals surface area contributed by atoms with Gasteiger partial charge in [0.2, 0.25) is 5.91 Å². The average Bonchev–Trinajstić information content (AvgIpc) is 3.21. The van der Waals surface area contributed by atoms with Crippen molar-refractivity contribution >= 4 is 30.7 Å². The monoisotopic (exact) mass is 443 g/mol. The molecule has 3 aliphatic heterocycles.